The maximum absolute atomic E-state index is 11.6. The third kappa shape index (κ3) is 2.02. The number of methoxy groups -OCH3 is 1. The number of hydrogen-bond acceptors (Lipinski definition) is 4. The first kappa shape index (κ1) is 11.0. The topological polar surface area (TPSA) is 47.6 Å². The summed E-state index contributed by atoms with van der Waals surface area (Å²) in [7, 11) is 1.41. The van der Waals surface area contributed by atoms with Crippen molar-refractivity contribution >= 4 is 11.7 Å². The van der Waals surface area contributed by atoms with Gasteiger partial charge in [0, 0.05) is 12.2 Å². The van der Waals surface area contributed by atoms with Crippen molar-refractivity contribution in [1.82, 2.24) is 0 Å². The average molecular weight is 221 g/mol. The van der Waals surface area contributed by atoms with E-state index in [4.69, 9.17) is 9.47 Å². The summed E-state index contributed by atoms with van der Waals surface area (Å²) in [6.07, 6.45) is 0. The van der Waals surface area contributed by atoms with Crippen LogP contribution in [0.2, 0.25) is 0 Å². The third-order valence-corrected chi connectivity index (χ3v) is 2.78. The van der Waals surface area contributed by atoms with Crippen LogP contribution in [0.5, 0.6) is 0 Å². The number of carbonyl (C=O) groups excluding carboxylic acids is 1. The molecule has 0 amide bonds. The van der Waals surface area contributed by atoms with Gasteiger partial charge < -0.3 is 14.8 Å². The van der Waals surface area contributed by atoms with Gasteiger partial charge in [-0.3, -0.25) is 4.79 Å². The van der Waals surface area contributed by atoms with Crippen LogP contribution in [-0.4, -0.2) is 32.8 Å². The lowest BCUT2D eigenvalue weighted by atomic mass is 9.86. The van der Waals surface area contributed by atoms with Gasteiger partial charge in [-0.25, -0.2) is 0 Å². The number of benzene rings is 1. The molecule has 1 N–H and O–H groups in total. The van der Waals surface area contributed by atoms with Crippen LogP contribution >= 0.6 is 0 Å². The number of carbonyl (C=O) groups is 1. The van der Waals surface area contributed by atoms with Crippen LogP contribution in [0, 0.1) is 5.41 Å². The second-order valence-electron chi connectivity index (χ2n) is 3.98. The lowest BCUT2D eigenvalue weighted by Gasteiger charge is -2.38. The molecule has 1 heterocycles. The van der Waals surface area contributed by atoms with E-state index in [1.807, 2.05) is 30.3 Å². The average Bonchev–Trinajstić information content (AvgIpc) is 2.28. The van der Waals surface area contributed by atoms with E-state index in [-0.39, 0.29) is 5.97 Å². The summed E-state index contributed by atoms with van der Waals surface area (Å²) in [6, 6.07) is 9.78. The highest BCUT2D eigenvalue weighted by atomic mass is 16.5. The molecule has 0 bridgehead atoms. The maximum atomic E-state index is 11.6. The fourth-order valence-corrected chi connectivity index (χ4v) is 1.68. The van der Waals surface area contributed by atoms with E-state index in [0.717, 1.165) is 5.69 Å². The van der Waals surface area contributed by atoms with Crippen molar-refractivity contribution in [3.05, 3.63) is 30.3 Å². The van der Waals surface area contributed by atoms with Gasteiger partial charge in [0.15, 0.2) is 0 Å². The van der Waals surface area contributed by atoms with Crippen LogP contribution in [0.1, 0.15) is 0 Å². The Balaban J connectivity index is 1.96. The molecule has 1 aromatic rings. The number of para-hydroxylation sites is 1. The lowest BCUT2D eigenvalue weighted by Crippen LogP contribution is -2.54. The molecule has 0 atom stereocenters. The zero-order valence-corrected chi connectivity index (χ0v) is 9.23. The minimum atomic E-state index is -0.509. The highest BCUT2D eigenvalue weighted by molar-refractivity contribution is 5.78. The monoisotopic (exact) mass is 221 g/mol. The van der Waals surface area contributed by atoms with E-state index in [1.165, 1.54) is 7.11 Å². The van der Waals surface area contributed by atoms with Crippen LogP contribution < -0.4 is 5.32 Å². The van der Waals surface area contributed by atoms with Gasteiger partial charge in [0.1, 0.15) is 5.41 Å². The van der Waals surface area contributed by atoms with Gasteiger partial charge in [-0.2, -0.15) is 0 Å². The Morgan fingerprint density at radius 2 is 2.12 bits per heavy atom. The Morgan fingerprint density at radius 3 is 2.62 bits per heavy atom. The Morgan fingerprint density at radius 1 is 1.44 bits per heavy atom. The van der Waals surface area contributed by atoms with Crippen molar-refractivity contribution in [3.8, 4) is 0 Å². The number of ether oxygens (including phenoxy) is 2. The van der Waals surface area contributed by atoms with Gasteiger partial charge >= 0.3 is 5.97 Å². The molecule has 1 aliphatic rings. The van der Waals surface area contributed by atoms with Crippen molar-refractivity contribution in [2.75, 3.05) is 32.2 Å². The fraction of sp³-hybridized carbons (Fsp3) is 0.417. The van der Waals surface area contributed by atoms with Crippen LogP contribution in [0.3, 0.4) is 0 Å². The summed E-state index contributed by atoms with van der Waals surface area (Å²) in [4.78, 5) is 11.6. The molecule has 0 spiro atoms. The van der Waals surface area contributed by atoms with Crippen molar-refractivity contribution in [3.63, 3.8) is 0 Å². The van der Waals surface area contributed by atoms with Gasteiger partial charge in [-0.15, -0.1) is 0 Å². The smallest absolute Gasteiger partial charge is 0.318 e. The van der Waals surface area contributed by atoms with Gasteiger partial charge in [0.25, 0.3) is 0 Å². The predicted molar refractivity (Wildman–Crippen MR) is 60.2 cm³/mol. The van der Waals surface area contributed by atoms with Crippen LogP contribution in [-0.2, 0) is 14.3 Å². The predicted octanol–water partition coefficient (Wildman–Crippen LogP) is 1.29. The van der Waals surface area contributed by atoms with E-state index in [1.54, 1.807) is 0 Å². The second kappa shape index (κ2) is 4.53. The molecule has 2 rings (SSSR count). The first-order valence-corrected chi connectivity index (χ1v) is 5.22. The summed E-state index contributed by atoms with van der Waals surface area (Å²) in [6.45, 7) is 1.41. The minimum Gasteiger partial charge on any atom is -0.468 e. The third-order valence-electron chi connectivity index (χ3n) is 2.78. The molecule has 0 saturated carbocycles. The van der Waals surface area contributed by atoms with Crippen LogP contribution in [0.4, 0.5) is 5.69 Å². The number of hydrogen-bond donors (Lipinski definition) is 1. The van der Waals surface area contributed by atoms with E-state index in [2.05, 4.69) is 5.32 Å². The molecule has 1 saturated heterocycles. The second-order valence-corrected chi connectivity index (χ2v) is 3.98. The summed E-state index contributed by atoms with van der Waals surface area (Å²) >= 11 is 0. The highest BCUT2D eigenvalue weighted by Crippen LogP contribution is 2.29. The van der Waals surface area contributed by atoms with Crippen molar-refractivity contribution in [1.29, 1.82) is 0 Å². The summed E-state index contributed by atoms with van der Waals surface area (Å²) < 4.78 is 9.90. The molecule has 4 heteroatoms. The molecule has 0 aliphatic carbocycles. The van der Waals surface area contributed by atoms with Crippen LogP contribution in [0.15, 0.2) is 30.3 Å². The molecule has 0 radical (unpaired) electrons. The molecule has 4 nitrogen and oxygen atoms in total. The first-order valence-electron chi connectivity index (χ1n) is 5.22. The van der Waals surface area contributed by atoms with Gasteiger partial charge in [0.05, 0.1) is 20.3 Å². The van der Waals surface area contributed by atoms with E-state index < -0.39 is 5.41 Å². The Labute approximate surface area is 94.6 Å². The van der Waals surface area contributed by atoms with Gasteiger partial charge in [-0.1, -0.05) is 18.2 Å². The van der Waals surface area contributed by atoms with E-state index in [9.17, 15) is 4.79 Å². The zero-order chi connectivity index (χ0) is 11.4. The summed E-state index contributed by atoms with van der Waals surface area (Å²) in [5.74, 6) is -0.206. The fourth-order valence-electron chi connectivity index (χ4n) is 1.68. The Kier molecular flexibility index (Phi) is 3.10. The number of rotatable bonds is 4. The molecule has 86 valence electrons. The molecule has 16 heavy (non-hydrogen) atoms. The number of nitrogens with one attached hydrogen (secondary N) is 1. The summed E-state index contributed by atoms with van der Waals surface area (Å²) in [5.41, 5.74) is 0.489. The standard InChI is InChI=1S/C12H15NO3/c1-15-11(14)12(8-16-9-12)7-13-10-5-3-2-4-6-10/h2-6,13H,7-9H2,1H3. The Bertz CT molecular complexity index is 360. The number of anilines is 1. The van der Waals surface area contributed by atoms with E-state index >= 15 is 0 Å². The Hall–Kier alpha value is -1.55. The molecule has 1 fully saturated rings. The molecule has 0 aromatic heterocycles. The lowest BCUT2D eigenvalue weighted by molar-refractivity contribution is -0.180. The quantitative estimate of drug-likeness (QED) is 0.778. The first-order chi connectivity index (χ1) is 7.77. The number of esters is 1. The minimum absolute atomic E-state index is 0.206. The largest absolute Gasteiger partial charge is 0.468 e. The summed E-state index contributed by atoms with van der Waals surface area (Å²) in [5, 5.41) is 3.22. The molecule has 1 aromatic carbocycles. The van der Waals surface area contributed by atoms with Gasteiger partial charge in [0.2, 0.25) is 0 Å². The van der Waals surface area contributed by atoms with E-state index in [0.29, 0.717) is 19.8 Å². The van der Waals surface area contributed by atoms with Crippen molar-refractivity contribution in [2.24, 2.45) is 5.41 Å². The highest BCUT2D eigenvalue weighted by Gasteiger charge is 2.47. The van der Waals surface area contributed by atoms with Crippen molar-refractivity contribution in [2.45, 2.75) is 0 Å². The normalized spacial score (nSPS) is 17.3. The molecular weight excluding hydrogens is 206 g/mol. The maximum Gasteiger partial charge on any atom is 0.318 e. The molecular formula is C12H15NO3. The van der Waals surface area contributed by atoms with Crippen molar-refractivity contribution < 1.29 is 14.3 Å². The molecule has 0 unspecified atom stereocenters. The molecule has 1 aliphatic heterocycles. The van der Waals surface area contributed by atoms with Gasteiger partial charge in [-0.05, 0) is 12.1 Å². The zero-order valence-electron chi connectivity index (χ0n) is 9.23. The van der Waals surface area contributed by atoms with Crippen LogP contribution in [0.25, 0.3) is 0 Å². The SMILES string of the molecule is COC(=O)C1(CNc2ccccc2)COC1.